The second-order valence-electron chi connectivity index (χ2n) is 6.41. The van der Waals surface area contributed by atoms with E-state index < -0.39 is 0 Å². The Bertz CT molecular complexity index is 489. The molecule has 1 aromatic carbocycles. The molecular weight excluding hydrogens is 250 g/mol. The quantitative estimate of drug-likeness (QED) is 0.828. The monoisotopic (exact) mass is 273 g/mol. The van der Waals surface area contributed by atoms with Crippen LogP contribution in [0, 0.1) is 19.3 Å². The molecule has 0 saturated carbocycles. The second-order valence-corrected chi connectivity index (χ2v) is 6.41. The highest BCUT2D eigenvalue weighted by Crippen LogP contribution is 2.40. The van der Waals surface area contributed by atoms with Crippen LogP contribution in [0.3, 0.4) is 0 Å². The molecule has 2 saturated heterocycles. The van der Waals surface area contributed by atoms with Gasteiger partial charge in [-0.1, -0.05) is 18.2 Å². The van der Waals surface area contributed by atoms with E-state index in [-0.39, 0.29) is 5.91 Å². The van der Waals surface area contributed by atoms with E-state index in [0.29, 0.717) is 11.8 Å². The lowest BCUT2D eigenvalue weighted by Gasteiger charge is -2.52. The van der Waals surface area contributed by atoms with E-state index in [0.717, 1.165) is 39.1 Å². The van der Waals surface area contributed by atoms with E-state index in [1.54, 1.807) is 0 Å². The SMILES string of the molecule is Cc1cccc(C)c1CC(=O)N1CC2(CCOCC2)C1. The molecule has 2 fully saturated rings. The number of ether oxygens (including phenoxy) is 1. The van der Waals surface area contributed by atoms with Crippen LogP contribution in [-0.2, 0) is 16.0 Å². The molecule has 1 aromatic rings. The van der Waals surface area contributed by atoms with Gasteiger partial charge in [0.05, 0.1) is 6.42 Å². The molecule has 3 rings (SSSR count). The summed E-state index contributed by atoms with van der Waals surface area (Å²) in [5.41, 5.74) is 4.01. The van der Waals surface area contributed by atoms with Crippen molar-refractivity contribution in [2.24, 2.45) is 5.41 Å². The molecule has 2 heterocycles. The largest absolute Gasteiger partial charge is 0.381 e. The third-order valence-corrected chi connectivity index (χ3v) is 4.93. The molecule has 0 radical (unpaired) electrons. The van der Waals surface area contributed by atoms with Gasteiger partial charge in [-0.25, -0.2) is 0 Å². The molecule has 0 aromatic heterocycles. The van der Waals surface area contributed by atoms with Crippen molar-refractivity contribution < 1.29 is 9.53 Å². The Morgan fingerprint density at radius 2 is 1.80 bits per heavy atom. The highest BCUT2D eigenvalue weighted by Gasteiger charge is 2.45. The van der Waals surface area contributed by atoms with Crippen molar-refractivity contribution in [1.82, 2.24) is 4.90 Å². The number of amides is 1. The van der Waals surface area contributed by atoms with Gasteiger partial charge in [-0.3, -0.25) is 4.79 Å². The molecular formula is C17H23NO2. The lowest BCUT2D eigenvalue weighted by atomic mass is 9.73. The minimum absolute atomic E-state index is 0.277. The Morgan fingerprint density at radius 1 is 1.20 bits per heavy atom. The van der Waals surface area contributed by atoms with Crippen molar-refractivity contribution in [3.05, 3.63) is 34.9 Å². The molecule has 108 valence electrons. The van der Waals surface area contributed by atoms with Gasteiger partial charge >= 0.3 is 0 Å². The van der Waals surface area contributed by atoms with Crippen LogP contribution in [0.4, 0.5) is 0 Å². The van der Waals surface area contributed by atoms with E-state index in [1.165, 1.54) is 16.7 Å². The van der Waals surface area contributed by atoms with Gasteiger partial charge in [0.2, 0.25) is 5.91 Å². The highest BCUT2D eigenvalue weighted by atomic mass is 16.5. The molecule has 0 bridgehead atoms. The van der Waals surface area contributed by atoms with E-state index >= 15 is 0 Å². The maximum Gasteiger partial charge on any atom is 0.227 e. The molecule has 3 nitrogen and oxygen atoms in total. The smallest absolute Gasteiger partial charge is 0.227 e. The number of aryl methyl sites for hydroxylation is 2. The molecule has 2 aliphatic rings. The number of likely N-dealkylation sites (tertiary alicyclic amines) is 1. The fraction of sp³-hybridized carbons (Fsp3) is 0.588. The average Bonchev–Trinajstić information content (AvgIpc) is 2.41. The number of nitrogens with zero attached hydrogens (tertiary/aromatic N) is 1. The normalized spacial score (nSPS) is 20.8. The van der Waals surface area contributed by atoms with Gasteiger partial charge in [0.1, 0.15) is 0 Å². The van der Waals surface area contributed by atoms with Crippen LogP contribution < -0.4 is 0 Å². The van der Waals surface area contributed by atoms with Crippen LogP contribution in [0.5, 0.6) is 0 Å². The summed E-state index contributed by atoms with van der Waals surface area (Å²) in [5, 5.41) is 0. The highest BCUT2D eigenvalue weighted by molar-refractivity contribution is 5.80. The minimum Gasteiger partial charge on any atom is -0.381 e. The summed E-state index contributed by atoms with van der Waals surface area (Å²) in [4.78, 5) is 14.4. The third-order valence-electron chi connectivity index (χ3n) is 4.93. The molecule has 2 aliphatic heterocycles. The van der Waals surface area contributed by atoms with Gasteiger partial charge in [-0.05, 0) is 43.4 Å². The Labute approximate surface area is 120 Å². The molecule has 1 amide bonds. The predicted octanol–water partition coefficient (Wildman–Crippen LogP) is 2.48. The third kappa shape index (κ3) is 2.47. The van der Waals surface area contributed by atoms with Crippen molar-refractivity contribution in [3.63, 3.8) is 0 Å². The molecule has 0 unspecified atom stereocenters. The maximum atomic E-state index is 12.4. The summed E-state index contributed by atoms with van der Waals surface area (Å²) < 4.78 is 5.42. The van der Waals surface area contributed by atoms with E-state index in [4.69, 9.17) is 4.74 Å². The van der Waals surface area contributed by atoms with Crippen molar-refractivity contribution in [2.45, 2.75) is 33.1 Å². The van der Waals surface area contributed by atoms with E-state index in [1.807, 2.05) is 4.90 Å². The van der Waals surface area contributed by atoms with Crippen molar-refractivity contribution in [1.29, 1.82) is 0 Å². The Hall–Kier alpha value is -1.35. The summed E-state index contributed by atoms with van der Waals surface area (Å²) in [5.74, 6) is 0.277. The number of hydrogen-bond donors (Lipinski definition) is 0. The van der Waals surface area contributed by atoms with Gasteiger partial charge in [0.25, 0.3) is 0 Å². The van der Waals surface area contributed by atoms with Crippen LogP contribution in [0.15, 0.2) is 18.2 Å². The summed E-state index contributed by atoms with van der Waals surface area (Å²) in [6.07, 6.45) is 2.77. The average molecular weight is 273 g/mol. The fourth-order valence-electron chi connectivity index (χ4n) is 3.45. The van der Waals surface area contributed by atoms with Gasteiger partial charge in [-0.2, -0.15) is 0 Å². The van der Waals surface area contributed by atoms with Crippen LogP contribution in [-0.4, -0.2) is 37.1 Å². The van der Waals surface area contributed by atoms with Crippen LogP contribution in [0.2, 0.25) is 0 Å². The summed E-state index contributed by atoms with van der Waals surface area (Å²) >= 11 is 0. The predicted molar refractivity (Wildman–Crippen MR) is 78.7 cm³/mol. The van der Waals surface area contributed by atoms with Gasteiger partial charge < -0.3 is 9.64 Å². The van der Waals surface area contributed by atoms with E-state index in [9.17, 15) is 4.79 Å². The van der Waals surface area contributed by atoms with Crippen molar-refractivity contribution >= 4 is 5.91 Å². The summed E-state index contributed by atoms with van der Waals surface area (Å²) in [6.45, 7) is 7.76. The molecule has 0 atom stereocenters. The number of carbonyl (C=O) groups excluding carboxylic acids is 1. The Kier molecular flexibility index (Phi) is 3.55. The molecule has 20 heavy (non-hydrogen) atoms. The van der Waals surface area contributed by atoms with Crippen LogP contribution in [0.1, 0.15) is 29.5 Å². The van der Waals surface area contributed by atoms with Crippen LogP contribution >= 0.6 is 0 Å². The minimum atomic E-state index is 0.277. The first kappa shape index (κ1) is 13.6. The van der Waals surface area contributed by atoms with Gasteiger partial charge in [0, 0.05) is 31.7 Å². The molecule has 0 aliphatic carbocycles. The fourth-order valence-corrected chi connectivity index (χ4v) is 3.45. The first-order valence-corrected chi connectivity index (χ1v) is 7.50. The maximum absolute atomic E-state index is 12.4. The molecule has 1 spiro atoms. The number of hydrogen-bond acceptors (Lipinski definition) is 2. The van der Waals surface area contributed by atoms with Gasteiger partial charge in [0.15, 0.2) is 0 Å². The number of carbonyl (C=O) groups is 1. The zero-order valence-electron chi connectivity index (χ0n) is 12.4. The second kappa shape index (κ2) is 5.21. The van der Waals surface area contributed by atoms with Crippen LogP contribution in [0.25, 0.3) is 0 Å². The number of benzene rings is 1. The first-order chi connectivity index (χ1) is 9.60. The van der Waals surface area contributed by atoms with E-state index in [2.05, 4.69) is 32.0 Å². The first-order valence-electron chi connectivity index (χ1n) is 7.50. The standard InChI is InChI=1S/C17H23NO2/c1-13-4-3-5-14(2)15(13)10-16(19)18-11-17(12-18)6-8-20-9-7-17/h3-5H,6-12H2,1-2H3. The molecule has 3 heteroatoms. The molecule has 0 N–H and O–H groups in total. The lowest BCUT2D eigenvalue weighted by Crippen LogP contribution is -2.60. The lowest BCUT2D eigenvalue weighted by molar-refractivity contribution is -0.149. The number of rotatable bonds is 2. The van der Waals surface area contributed by atoms with Crippen molar-refractivity contribution in [3.8, 4) is 0 Å². The van der Waals surface area contributed by atoms with Gasteiger partial charge in [-0.15, -0.1) is 0 Å². The Morgan fingerprint density at radius 3 is 2.40 bits per heavy atom. The van der Waals surface area contributed by atoms with Crippen molar-refractivity contribution in [2.75, 3.05) is 26.3 Å². The summed E-state index contributed by atoms with van der Waals surface area (Å²) in [6, 6.07) is 6.23. The topological polar surface area (TPSA) is 29.5 Å². The Balaban J connectivity index is 1.61. The zero-order chi connectivity index (χ0) is 14.2. The zero-order valence-corrected chi connectivity index (χ0v) is 12.4. The summed E-state index contributed by atoms with van der Waals surface area (Å²) in [7, 11) is 0.